The zero-order chi connectivity index (χ0) is 13.8. The highest BCUT2D eigenvalue weighted by atomic mass is 16.1. The van der Waals surface area contributed by atoms with E-state index in [-0.39, 0.29) is 5.78 Å². The number of ketones is 1. The number of hydrogen-bond donors (Lipinski definition) is 0. The molecule has 19 heavy (non-hydrogen) atoms. The van der Waals surface area contributed by atoms with Crippen molar-refractivity contribution < 1.29 is 4.79 Å². The van der Waals surface area contributed by atoms with Crippen molar-refractivity contribution in [3.05, 3.63) is 72.5 Å². The molecule has 0 N–H and O–H groups in total. The van der Waals surface area contributed by atoms with E-state index >= 15 is 0 Å². The van der Waals surface area contributed by atoms with Gasteiger partial charge in [-0.1, -0.05) is 49.0 Å². The molecule has 2 aromatic carbocycles. The molecular formula is C17H17NO. The molecule has 0 atom stereocenters. The molecule has 0 radical (unpaired) electrons. The molecule has 0 aliphatic carbocycles. The summed E-state index contributed by atoms with van der Waals surface area (Å²) in [6.07, 6.45) is 3.31. The van der Waals surface area contributed by atoms with Crippen LogP contribution in [0.15, 0.2) is 66.9 Å². The van der Waals surface area contributed by atoms with Crippen LogP contribution in [0.4, 0.5) is 0 Å². The first kappa shape index (κ1) is 13.1. The summed E-state index contributed by atoms with van der Waals surface area (Å²) in [6, 6.07) is 13.7. The van der Waals surface area contributed by atoms with Crippen molar-refractivity contribution >= 4 is 16.6 Å². The molecule has 0 bridgehead atoms. The number of carbonyl (C=O) groups excluding carboxylic acids is 1. The van der Waals surface area contributed by atoms with Crippen molar-refractivity contribution in [1.29, 1.82) is 0 Å². The number of rotatable bonds is 4. The predicted octanol–water partition coefficient (Wildman–Crippen LogP) is 3.65. The molecule has 2 heteroatoms. The summed E-state index contributed by atoms with van der Waals surface area (Å²) in [5.74, 6) is -0.000185. The van der Waals surface area contributed by atoms with Crippen molar-refractivity contribution in [2.45, 2.75) is 0 Å². The molecule has 2 aromatic rings. The fourth-order valence-corrected chi connectivity index (χ4v) is 1.85. The molecule has 0 heterocycles. The summed E-state index contributed by atoms with van der Waals surface area (Å²) >= 11 is 0. The summed E-state index contributed by atoms with van der Waals surface area (Å²) in [5.41, 5.74) is 1.52. The second-order valence-corrected chi connectivity index (χ2v) is 4.61. The minimum absolute atomic E-state index is 0.000185. The van der Waals surface area contributed by atoms with Crippen molar-refractivity contribution in [2.75, 3.05) is 14.1 Å². The molecule has 2 nitrogen and oxygen atoms in total. The zero-order valence-corrected chi connectivity index (χ0v) is 11.3. The average molecular weight is 251 g/mol. The number of hydrogen-bond acceptors (Lipinski definition) is 2. The first-order valence-electron chi connectivity index (χ1n) is 6.16. The fourth-order valence-electron chi connectivity index (χ4n) is 1.85. The van der Waals surface area contributed by atoms with Gasteiger partial charge in [-0.05, 0) is 22.9 Å². The molecule has 96 valence electrons. The van der Waals surface area contributed by atoms with E-state index in [1.54, 1.807) is 12.2 Å². The Morgan fingerprint density at radius 3 is 2.47 bits per heavy atom. The number of allylic oxidation sites excluding steroid dienone is 2. The standard InChI is InChI=1S/C17H17NO/c1-13(18(2)3)11-12-17(19)16-10-6-8-14-7-4-5-9-15(14)16/h4-12H,1H2,2-3H3/b12-11+. The Labute approximate surface area is 113 Å². The lowest BCUT2D eigenvalue weighted by atomic mass is 10.0. The van der Waals surface area contributed by atoms with Gasteiger partial charge in [0.2, 0.25) is 0 Å². The normalized spacial score (nSPS) is 10.8. The maximum absolute atomic E-state index is 12.2. The van der Waals surface area contributed by atoms with Crippen LogP contribution in [-0.4, -0.2) is 24.8 Å². The van der Waals surface area contributed by atoms with E-state index in [4.69, 9.17) is 0 Å². The lowest BCUT2D eigenvalue weighted by Gasteiger charge is -2.11. The van der Waals surface area contributed by atoms with Gasteiger partial charge in [0.1, 0.15) is 0 Å². The maximum Gasteiger partial charge on any atom is 0.186 e. The lowest BCUT2D eigenvalue weighted by Crippen LogP contribution is -2.08. The van der Waals surface area contributed by atoms with Crippen LogP contribution >= 0.6 is 0 Å². The summed E-state index contributed by atoms with van der Waals surface area (Å²) in [7, 11) is 3.80. The van der Waals surface area contributed by atoms with Gasteiger partial charge in [-0.3, -0.25) is 4.79 Å². The van der Waals surface area contributed by atoms with Crippen LogP contribution in [-0.2, 0) is 0 Å². The summed E-state index contributed by atoms with van der Waals surface area (Å²) in [5, 5.41) is 2.06. The van der Waals surface area contributed by atoms with E-state index < -0.39 is 0 Å². The van der Waals surface area contributed by atoms with Gasteiger partial charge >= 0.3 is 0 Å². The van der Waals surface area contributed by atoms with Gasteiger partial charge in [0.25, 0.3) is 0 Å². The third-order valence-corrected chi connectivity index (χ3v) is 3.06. The second kappa shape index (κ2) is 5.53. The highest BCUT2D eigenvalue weighted by Gasteiger charge is 2.06. The SMILES string of the molecule is C=C(/C=C/C(=O)c1cccc2ccccc12)N(C)C. The van der Waals surface area contributed by atoms with E-state index in [1.165, 1.54) is 0 Å². The molecule has 2 rings (SSSR count). The fraction of sp³-hybridized carbons (Fsp3) is 0.118. The third-order valence-electron chi connectivity index (χ3n) is 3.06. The van der Waals surface area contributed by atoms with Crippen LogP contribution in [0, 0.1) is 0 Å². The smallest absolute Gasteiger partial charge is 0.186 e. The van der Waals surface area contributed by atoms with Gasteiger partial charge in [-0.2, -0.15) is 0 Å². The van der Waals surface area contributed by atoms with E-state index in [0.29, 0.717) is 0 Å². The van der Waals surface area contributed by atoms with E-state index in [1.807, 2.05) is 61.5 Å². The van der Waals surface area contributed by atoms with Gasteiger partial charge < -0.3 is 4.90 Å². The van der Waals surface area contributed by atoms with Crippen LogP contribution in [0.25, 0.3) is 10.8 Å². The maximum atomic E-state index is 12.2. The average Bonchev–Trinajstić information content (AvgIpc) is 2.43. The van der Waals surface area contributed by atoms with Crippen LogP contribution in [0.3, 0.4) is 0 Å². The Bertz CT molecular complexity index is 648. The molecular weight excluding hydrogens is 234 g/mol. The van der Waals surface area contributed by atoms with E-state index in [2.05, 4.69) is 6.58 Å². The van der Waals surface area contributed by atoms with E-state index in [9.17, 15) is 4.79 Å². The van der Waals surface area contributed by atoms with Gasteiger partial charge in [0.05, 0.1) is 0 Å². The largest absolute Gasteiger partial charge is 0.378 e. The first-order chi connectivity index (χ1) is 9.09. The molecule has 0 amide bonds. The van der Waals surface area contributed by atoms with Crippen molar-refractivity contribution in [3.8, 4) is 0 Å². The Kier molecular flexibility index (Phi) is 3.81. The lowest BCUT2D eigenvalue weighted by molar-refractivity contribution is 0.104. The second-order valence-electron chi connectivity index (χ2n) is 4.61. The highest BCUT2D eigenvalue weighted by molar-refractivity contribution is 6.13. The predicted molar refractivity (Wildman–Crippen MR) is 80.2 cm³/mol. The van der Waals surface area contributed by atoms with Gasteiger partial charge in [0.15, 0.2) is 5.78 Å². The Morgan fingerprint density at radius 1 is 1.05 bits per heavy atom. The van der Waals surface area contributed by atoms with Gasteiger partial charge in [-0.25, -0.2) is 0 Å². The monoisotopic (exact) mass is 251 g/mol. The number of carbonyl (C=O) groups is 1. The molecule has 0 fully saturated rings. The summed E-state index contributed by atoms with van der Waals surface area (Å²) in [4.78, 5) is 14.1. The number of benzene rings is 2. The van der Waals surface area contributed by atoms with Gasteiger partial charge in [-0.15, -0.1) is 0 Å². The van der Waals surface area contributed by atoms with Crippen LogP contribution in [0.2, 0.25) is 0 Å². The molecule has 0 spiro atoms. The number of likely N-dealkylation sites (N-methyl/N-ethyl adjacent to an activating group) is 1. The zero-order valence-electron chi connectivity index (χ0n) is 11.3. The third kappa shape index (κ3) is 2.91. The molecule has 0 aliphatic heterocycles. The molecule has 0 saturated carbocycles. The molecule has 0 aliphatic rings. The van der Waals surface area contributed by atoms with Crippen molar-refractivity contribution in [2.24, 2.45) is 0 Å². The van der Waals surface area contributed by atoms with Crippen LogP contribution in [0.1, 0.15) is 10.4 Å². The minimum atomic E-state index is -0.000185. The molecule has 0 unspecified atom stereocenters. The Balaban J connectivity index is 2.35. The Hall–Kier alpha value is -2.35. The van der Waals surface area contributed by atoms with Crippen LogP contribution < -0.4 is 0 Å². The first-order valence-corrected chi connectivity index (χ1v) is 6.16. The summed E-state index contributed by atoms with van der Waals surface area (Å²) in [6.45, 7) is 3.87. The minimum Gasteiger partial charge on any atom is -0.378 e. The van der Waals surface area contributed by atoms with Crippen molar-refractivity contribution in [1.82, 2.24) is 4.90 Å². The van der Waals surface area contributed by atoms with Crippen molar-refractivity contribution in [3.63, 3.8) is 0 Å². The van der Waals surface area contributed by atoms with Gasteiger partial charge in [0, 0.05) is 25.4 Å². The highest BCUT2D eigenvalue weighted by Crippen LogP contribution is 2.19. The topological polar surface area (TPSA) is 20.3 Å². The quantitative estimate of drug-likeness (QED) is 0.469. The number of fused-ring (bicyclic) bond motifs is 1. The van der Waals surface area contributed by atoms with Crippen LogP contribution in [0.5, 0.6) is 0 Å². The number of nitrogens with zero attached hydrogens (tertiary/aromatic N) is 1. The summed E-state index contributed by atoms with van der Waals surface area (Å²) < 4.78 is 0. The Morgan fingerprint density at radius 2 is 1.74 bits per heavy atom. The van der Waals surface area contributed by atoms with E-state index in [0.717, 1.165) is 22.0 Å². The molecule has 0 saturated heterocycles. The molecule has 0 aromatic heterocycles.